The number of benzene rings is 1. The summed E-state index contributed by atoms with van der Waals surface area (Å²) in [6.45, 7) is 6.74. The second kappa shape index (κ2) is 8.26. The Kier molecular flexibility index (Phi) is 5.65. The Morgan fingerprint density at radius 2 is 2.00 bits per heavy atom. The number of nitrogens with two attached hydrogens (primary N) is 1. The lowest BCUT2D eigenvalue weighted by Gasteiger charge is -2.34. The molecule has 0 bridgehead atoms. The highest BCUT2D eigenvalue weighted by molar-refractivity contribution is 5.68. The zero-order chi connectivity index (χ0) is 22.2. The first kappa shape index (κ1) is 21.2. The first-order valence-corrected chi connectivity index (χ1v) is 11.1. The summed E-state index contributed by atoms with van der Waals surface area (Å²) < 4.78 is 7.33. The topological polar surface area (TPSA) is 97.2 Å². The van der Waals surface area contributed by atoms with Crippen LogP contribution in [0.4, 0.5) is 10.6 Å². The second-order valence-corrected chi connectivity index (χ2v) is 9.63. The highest BCUT2D eigenvalue weighted by Crippen LogP contribution is 2.36. The molecule has 1 aliphatic carbocycles. The van der Waals surface area contributed by atoms with E-state index in [0.29, 0.717) is 24.5 Å². The summed E-state index contributed by atoms with van der Waals surface area (Å²) in [4.78, 5) is 14.3. The minimum Gasteiger partial charge on any atom is -0.444 e. The number of aromatic nitrogens is 2. The predicted octanol–water partition coefficient (Wildman–Crippen LogP) is 4.18. The highest BCUT2D eigenvalue weighted by atomic mass is 16.6. The van der Waals surface area contributed by atoms with Gasteiger partial charge in [0.2, 0.25) is 0 Å². The number of likely N-dealkylation sites (tertiary alicyclic amines) is 1. The Balaban J connectivity index is 1.57. The van der Waals surface area contributed by atoms with Gasteiger partial charge in [-0.1, -0.05) is 24.3 Å². The molecule has 2 heterocycles. The Morgan fingerprint density at radius 3 is 2.71 bits per heavy atom. The third kappa shape index (κ3) is 4.39. The van der Waals surface area contributed by atoms with Crippen molar-refractivity contribution in [1.82, 2.24) is 14.7 Å². The van der Waals surface area contributed by atoms with E-state index in [0.717, 1.165) is 37.8 Å². The van der Waals surface area contributed by atoms with E-state index in [1.807, 2.05) is 20.8 Å². The number of nitriles is 1. The molecule has 1 amide bonds. The molecule has 31 heavy (non-hydrogen) atoms. The monoisotopic (exact) mass is 421 g/mol. The molecule has 0 radical (unpaired) electrons. The average molecular weight is 422 g/mol. The lowest BCUT2D eigenvalue weighted by atomic mass is 9.81. The molecule has 1 aromatic carbocycles. The van der Waals surface area contributed by atoms with Crippen molar-refractivity contribution in [2.45, 2.75) is 70.4 Å². The summed E-state index contributed by atoms with van der Waals surface area (Å²) >= 11 is 0. The number of hydrogen-bond acceptors (Lipinski definition) is 5. The smallest absolute Gasteiger partial charge is 0.410 e. The van der Waals surface area contributed by atoms with E-state index >= 15 is 0 Å². The van der Waals surface area contributed by atoms with Gasteiger partial charge in [0.25, 0.3) is 0 Å². The van der Waals surface area contributed by atoms with E-state index in [-0.39, 0.29) is 18.1 Å². The van der Waals surface area contributed by atoms with Crippen LogP contribution in [0.2, 0.25) is 0 Å². The number of aryl methyl sites for hydroxylation is 1. The summed E-state index contributed by atoms with van der Waals surface area (Å²) in [5, 5.41) is 14.7. The van der Waals surface area contributed by atoms with Crippen molar-refractivity contribution in [2.75, 3.05) is 18.8 Å². The molecule has 1 fully saturated rings. The number of piperidine rings is 1. The summed E-state index contributed by atoms with van der Waals surface area (Å²) in [6.07, 6.45) is 4.20. The van der Waals surface area contributed by atoms with Crippen LogP contribution in [0.5, 0.6) is 0 Å². The standard InChI is InChI=1S/C24H31N5O2/c1-24(2,3)31-23(30)28-12-6-9-19(15-28)29-22(26)20(14-25)21(27-29)18-11-10-16-7-4-5-8-17(16)13-18/h4-5,7-8,18-19H,6,9-13,15,26H2,1-3H3/t18?,19-/m1/s1. The molecule has 164 valence electrons. The van der Waals surface area contributed by atoms with E-state index in [9.17, 15) is 10.1 Å². The molecule has 7 heteroatoms. The Bertz CT molecular complexity index is 1010. The van der Waals surface area contributed by atoms with Crippen LogP contribution in [0, 0.1) is 11.3 Å². The molecule has 1 unspecified atom stereocenters. The maximum Gasteiger partial charge on any atom is 0.410 e. The molecule has 2 N–H and O–H groups in total. The molecule has 0 saturated carbocycles. The fourth-order valence-corrected chi connectivity index (χ4v) is 4.72. The number of ether oxygens (including phenoxy) is 1. The third-order valence-corrected chi connectivity index (χ3v) is 6.21. The maximum absolute atomic E-state index is 12.6. The molecular weight excluding hydrogens is 390 g/mol. The van der Waals surface area contributed by atoms with Crippen molar-refractivity contribution < 1.29 is 9.53 Å². The van der Waals surface area contributed by atoms with Gasteiger partial charge in [-0.15, -0.1) is 0 Å². The number of carbonyl (C=O) groups excluding carboxylic acids is 1. The number of anilines is 1. The number of hydrogen-bond donors (Lipinski definition) is 1. The van der Waals surface area contributed by atoms with Crippen LogP contribution >= 0.6 is 0 Å². The van der Waals surface area contributed by atoms with Crippen LogP contribution < -0.4 is 5.73 Å². The van der Waals surface area contributed by atoms with Crippen molar-refractivity contribution in [3.05, 3.63) is 46.6 Å². The Morgan fingerprint density at radius 1 is 1.26 bits per heavy atom. The van der Waals surface area contributed by atoms with Gasteiger partial charge in [-0.05, 0) is 64.0 Å². The molecular formula is C24H31N5O2. The van der Waals surface area contributed by atoms with E-state index in [1.54, 1.807) is 9.58 Å². The quantitative estimate of drug-likeness (QED) is 0.784. The molecule has 4 rings (SSSR count). The third-order valence-electron chi connectivity index (χ3n) is 6.21. The predicted molar refractivity (Wildman–Crippen MR) is 119 cm³/mol. The molecule has 1 saturated heterocycles. The first-order chi connectivity index (χ1) is 14.8. The van der Waals surface area contributed by atoms with Gasteiger partial charge in [0.05, 0.1) is 11.7 Å². The maximum atomic E-state index is 12.6. The fourth-order valence-electron chi connectivity index (χ4n) is 4.72. The van der Waals surface area contributed by atoms with Crippen molar-refractivity contribution >= 4 is 11.9 Å². The molecule has 7 nitrogen and oxygen atoms in total. The van der Waals surface area contributed by atoms with E-state index < -0.39 is 5.60 Å². The van der Waals surface area contributed by atoms with Gasteiger partial charge in [-0.2, -0.15) is 10.4 Å². The van der Waals surface area contributed by atoms with Crippen LogP contribution in [0.1, 0.15) is 74.4 Å². The number of amides is 1. The van der Waals surface area contributed by atoms with Crippen molar-refractivity contribution in [3.63, 3.8) is 0 Å². The van der Waals surface area contributed by atoms with E-state index in [1.165, 1.54) is 11.1 Å². The number of carbonyl (C=O) groups is 1. The zero-order valence-electron chi connectivity index (χ0n) is 18.6. The molecule has 2 atom stereocenters. The number of fused-ring (bicyclic) bond motifs is 1. The van der Waals surface area contributed by atoms with Gasteiger partial charge in [0.1, 0.15) is 23.1 Å². The van der Waals surface area contributed by atoms with Crippen LogP contribution in [-0.4, -0.2) is 39.5 Å². The van der Waals surface area contributed by atoms with Gasteiger partial charge in [-0.25, -0.2) is 9.48 Å². The van der Waals surface area contributed by atoms with Crippen molar-refractivity contribution in [2.24, 2.45) is 0 Å². The summed E-state index contributed by atoms with van der Waals surface area (Å²) in [5.41, 5.74) is 9.86. The SMILES string of the molecule is CC(C)(C)OC(=O)N1CCC[C@@H](n2nc(C3CCc4ccccc4C3)c(C#N)c2N)C1. The summed E-state index contributed by atoms with van der Waals surface area (Å²) in [6, 6.07) is 10.7. The normalized spacial score (nSPS) is 21.3. The lowest BCUT2D eigenvalue weighted by Crippen LogP contribution is -2.43. The molecule has 0 spiro atoms. The van der Waals surface area contributed by atoms with Gasteiger partial charge < -0.3 is 15.4 Å². The van der Waals surface area contributed by atoms with Crippen molar-refractivity contribution in [1.29, 1.82) is 5.26 Å². The molecule has 1 aliphatic heterocycles. The Hall–Kier alpha value is -3.01. The van der Waals surface area contributed by atoms with Crippen LogP contribution in [-0.2, 0) is 17.6 Å². The average Bonchev–Trinajstić information content (AvgIpc) is 3.08. The second-order valence-electron chi connectivity index (χ2n) is 9.63. The van der Waals surface area contributed by atoms with Crippen LogP contribution in [0.15, 0.2) is 24.3 Å². The van der Waals surface area contributed by atoms with E-state index in [4.69, 9.17) is 15.6 Å². The van der Waals surface area contributed by atoms with Gasteiger partial charge in [-0.3, -0.25) is 0 Å². The number of nitrogen functional groups attached to an aromatic ring is 1. The number of rotatable bonds is 2. The number of nitrogens with zero attached hydrogens (tertiary/aromatic N) is 4. The van der Waals surface area contributed by atoms with Crippen molar-refractivity contribution in [3.8, 4) is 6.07 Å². The molecule has 2 aliphatic rings. The fraction of sp³-hybridized carbons (Fsp3) is 0.542. The largest absolute Gasteiger partial charge is 0.444 e. The first-order valence-electron chi connectivity index (χ1n) is 11.1. The summed E-state index contributed by atoms with van der Waals surface area (Å²) in [7, 11) is 0. The zero-order valence-corrected chi connectivity index (χ0v) is 18.6. The Labute approximate surface area is 183 Å². The minimum absolute atomic E-state index is 0.0574. The van der Waals surface area contributed by atoms with Crippen LogP contribution in [0.3, 0.4) is 0 Å². The van der Waals surface area contributed by atoms with E-state index in [2.05, 4.69) is 30.3 Å². The molecule has 1 aromatic heterocycles. The molecule has 2 aromatic rings. The summed E-state index contributed by atoms with van der Waals surface area (Å²) in [5.74, 6) is 0.589. The van der Waals surface area contributed by atoms with Gasteiger partial charge in [0.15, 0.2) is 0 Å². The van der Waals surface area contributed by atoms with Crippen LogP contribution in [0.25, 0.3) is 0 Å². The minimum atomic E-state index is -0.535. The highest BCUT2D eigenvalue weighted by Gasteiger charge is 2.33. The lowest BCUT2D eigenvalue weighted by molar-refractivity contribution is 0.0168. The van der Waals surface area contributed by atoms with Gasteiger partial charge >= 0.3 is 6.09 Å². The van der Waals surface area contributed by atoms with Gasteiger partial charge in [0, 0.05) is 19.0 Å².